The summed E-state index contributed by atoms with van der Waals surface area (Å²) in [6.07, 6.45) is 4.94. The Labute approximate surface area is 124 Å². The van der Waals surface area contributed by atoms with Crippen LogP contribution in [0.2, 0.25) is 0 Å². The van der Waals surface area contributed by atoms with Gasteiger partial charge in [-0.05, 0) is 49.1 Å². The monoisotopic (exact) mass is 287 g/mol. The van der Waals surface area contributed by atoms with Gasteiger partial charge in [-0.1, -0.05) is 29.4 Å². The number of fused-ring (bicyclic) bond motifs is 1. The fourth-order valence-electron chi connectivity index (χ4n) is 3.21. The average Bonchev–Trinajstić information content (AvgIpc) is 3.35. The highest BCUT2D eigenvalue weighted by atomic mass is 16.4. The van der Waals surface area contributed by atoms with Crippen molar-refractivity contribution < 1.29 is 10.0 Å². The molecule has 112 valence electrons. The quantitative estimate of drug-likeness (QED) is 0.341. The molecule has 4 N–H and O–H groups in total. The van der Waals surface area contributed by atoms with Crippen LogP contribution in [0.25, 0.3) is 0 Å². The summed E-state index contributed by atoms with van der Waals surface area (Å²) in [6.45, 7) is 0. The third-order valence-corrected chi connectivity index (χ3v) is 4.51. The van der Waals surface area contributed by atoms with Crippen LogP contribution in [0.15, 0.2) is 29.4 Å². The van der Waals surface area contributed by atoms with Gasteiger partial charge in [0.15, 0.2) is 5.84 Å². The SMILES string of the molecule is NC(=NO)C(NC(=O)C1CCCc2ccccc21)C1CC1. The number of nitrogens with two attached hydrogens (primary N) is 1. The van der Waals surface area contributed by atoms with Gasteiger partial charge in [0.2, 0.25) is 5.91 Å². The van der Waals surface area contributed by atoms with Crippen molar-refractivity contribution in [2.75, 3.05) is 0 Å². The van der Waals surface area contributed by atoms with Crippen molar-refractivity contribution in [1.29, 1.82) is 0 Å². The number of hydrogen-bond donors (Lipinski definition) is 3. The number of nitrogens with one attached hydrogen (secondary N) is 1. The number of nitrogens with zero attached hydrogens (tertiary/aromatic N) is 1. The van der Waals surface area contributed by atoms with Crippen molar-refractivity contribution >= 4 is 11.7 Å². The lowest BCUT2D eigenvalue weighted by Crippen LogP contribution is -2.48. The molecule has 1 saturated carbocycles. The van der Waals surface area contributed by atoms with Gasteiger partial charge in [0, 0.05) is 0 Å². The van der Waals surface area contributed by atoms with Crippen LogP contribution in [0.3, 0.4) is 0 Å². The summed E-state index contributed by atoms with van der Waals surface area (Å²) in [5.74, 6) is 0.284. The zero-order valence-electron chi connectivity index (χ0n) is 12.0. The molecule has 1 aromatic rings. The normalized spacial score (nSPS) is 23.2. The van der Waals surface area contributed by atoms with Gasteiger partial charge in [-0.15, -0.1) is 0 Å². The second-order valence-corrected chi connectivity index (χ2v) is 5.99. The van der Waals surface area contributed by atoms with E-state index in [4.69, 9.17) is 10.9 Å². The molecule has 2 aliphatic carbocycles. The first-order chi connectivity index (χ1) is 10.2. The molecule has 0 aromatic heterocycles. The molecule has 3 rings (SSSR count). The van der Waals surface area contributed by atoms with Crippen molar-refractivity contribution in [3.05, 3.63) is 35.4 Å². The van der Waals surface area contributed by atoms with Crippen molar-refractivity contribution in [3.63, 3.8) is 0 Å². The standard InChI is InChI=1S/C16H21N3O2/c17-15(19-21)14(11-8-9-11)18-16(20)13-7-3-5-10-4-1-2-6-12(10)13/h1-2,4,6,11,13-14,21H,3,5,7-9H2,(H2,17,19)(H,18,20). The molecule has 2 unspecified atom stereocenters. The van der Waals surface area contributed by atoms with Crippen molar-refractivity contribution in [2.24, 2.45) is 16.8 Å². The van der Waals surface area contributed by atoms with E-state index in [1.165, 1.54) is 5.56 Å². The number of rotatable bonds is 4. The predicted molar refractivity (Wildman–Crippen MR) is 80.2 cm³/mol. The second-order valence-electron chi connectivity index (χ2n) is 5.99. The summed E-state index contributed by atoms with van der Waals surface area (Å²) in [4.78, 5) is 12.6. The largest absolute Gasteiger partial charge is 0.409 e. The summed E-state index contributed by atoms with van der Waals surface area (Å²) in [5.41, 5.74) is 8.10. The Bertz CT molecular complexity index is 566. The summed E-state index contributed by atoms with van der Waals surface area (Å²) in [6, 6.07) is 7.79. The Balaban J connectivity index is 1.77. The van der Waals surface area contributed by atoms with Crippen LogP contribution < -0.4 is 11.1 Å². The molecule has 2 atom stereocenters. The molecule has 0 bridgehead atoms. The molecule has 1 aromatic carbocycles. The number of hydrogen-bond acceptors (Lipinski definition) is 3. The van der Waals surface area contributed by atoms with Crippen LogP contribution in [-0.2, 0) is 11.2 Å². The Kier molecular flexibility index (Phi) is 3.82. The molecule has 0 aliphatic heterocycles. The smallest absolute Gasteiger partial charge is 0.228 e. The maximum absolute atomic E-state index is 12.6. The van der Waals surface area contributed by atoms with E-state index in [0.717, 1.165) is 37.7 Å². The van der Waals surface area contributed by atoms with E-state index in [9.17, 15) is 4.79 Å². The van der Waals surface area contributed by atoms with Gasteiger partial charge in [0.05, 0.1) is 12.0 Å². The molecule has 0 radical (unpaired) electrons. The van der Waals surface area contributed by atoms with Crippen LogP contribution in [0, 0.1) is 5.92 Å². The summed E-state index contributed by atoms with van der Waals surface area (Å²) >= 11 is 0. The molecule has 2 aliphatic rings. The van der Waals surface area contributed by atoms with Crippen LogP contribution in [0.1, 0.15) is 42.7 Å². The highest BCUT2D eigenvalue weighted by Crippen LogP contribution is 2.35. The number of amidine groups is 1. The van der Waals surface area contributed by atoms with Gasteiger partial charge < -0.3 is 16.3 Å². The minimum atomic E-state index is -0.336. The molecule has 5 heteroatoms. The number of carbonyl (C=O) groups excluding carboxylic acids is 1. The first-order valence-corrected chi connectivity index (χ1v) is 7.56. The highest BCUT2D eigenvalue weighted by Gasteiger charge is 2.37. The lowest BCUT2D eigenvalue weighted by molar-refractivity contribution is -0.123. The third-order valence-electron chi connectivity index (χ3n) is 4.51. The van der Waals surface area contributed by atoms with E-state index in [1.807, 2.05) is 18.2 Å². The van der Waals surface area contributed by atoms with Crippen molar-refractivity contribution in [3.8, 4) is 0 Å². The molecule has 21 heavy (non-hydrogen) atoms. The molecular formula is C16H21N3O2. The van der Waals surface area contributed by atoms with Gasteiger partial charge in [-0.3, -0.25) is 4.79 Å². The van der Waals surface area contributed by atoms with E-state index in [0.29, 0.717) is 5.92 Å². The van der Waals surface area contributed by atoms with E-state index < -0.39 is 0 Å². The van der Waals surface area contributed by atoms with Gasteiger partial charge in [-0.2, -0.15) is 0 Å². The zero-order valence-corrected chi connectivity index (χ0v) is 12.0. The van der Waals surface area contributed by atoms with Gasteiger partial charge in [-0.25, -0.2) is 0 Å². The van der Waals surface area contributed by atoms with Crippen molar-refractivity contribution in [1.82, 2.24) is 5.32 Å². The Hall–Kier alpha value is -2.04. The predicted octanol–water partition coefficient (Wildman–Crippen LogP) is 1.75. The van der Waals surface area contributed by atoms with Crippen LogP contribution >= 0.6 is 0 Å². The molecule has 0 saturated heterocycles. The molecule has 1 amide bonds. The Morgan fingerprint density at radius 2 is 2.10 bits per heavy atom. The lowest BCUT2D eigenvalue weighted by atomic mass is 9.82. The van der Waals surface area contributed by atoms with Crippen molar-refractivity contribution in [2.45, 2.75) is 44.1 Å². The molecule has 0 heterocycles. The van der Waals surface area contributed by atoms with E-state index in [2.05, 4.69) is 16.5 Å². The number of oxime groups is 1. The lowest BCUT2D eigenvalue weighted by Gasteiger charge is -2.26. The van der Waals surface area contributed by atoms with Gasteiger partial charge in [0.25, 0.3) is 0 Å². The maximum atomic E-state index is 12.6. The molecule has 5 nitrogen and oxygen atoms in total. The Morgan fingerprint density at radius 3 is 2.81 bits per heavy atom. The fourth-order valence-corrected chi connectivity index (χ4v) is 3.21. The topological polar surface area (TPSA) is 87.7 Å². The zero-order chi connectivity index (χ0) is 14.8. The summed E-state index contributed by atoms with van der Waals surface area (Å²) in [7, 11) is 0. The first kappa shape index (κ1) is 13.9. The van der Waals surface area contributed by atoms with Crippen LogP contribution in [0.5, 0.6) is 0 Å². The fraction of sp³-hybridized carbons (Fsp3) is 0.500. The maximum Gasteiger partial charge on any atom is 0.228 e. The number of carbonyl (C=O) groups is 1. The van der Waals surface area contributed by atoms with E-state index in [1.54, 1.807) is 0 Å². The minimum Gasteiger partial charge on any atom is -0.409 e. The summed E-state index contributed by atoms with van der Waals surface area (Å²) in [5, 5.41) is 14.9. The average molecular weight is 287 g/mol. The third kappa shape index (κ3) is 2.86. The number of amides is 1. The second kappa shape index (κ2) is 5.76. The number of aryl methyl sites for hydroxylation is 1. The minimum absolute atomic E-state index is 0.00866. The first-order valence-electron chi connectivity index (χ1n) is 7.56. The van der Waals surface area contributed by atoms with Crippen LogP contribution in [0.4, 0.5) is 0 Å². The van der Waals surface area contributed by atoms with E-state index >= 15 is 0 Å². The summed E-state index contributed by atoms with van der Waals surface area (Å²) < 4.78 is 0. The highest BCUT2D eigenvalue weighted by molar-refractivity contribution is 5.92. The van der Waals surface area contributed by atoms with Gasteiger partial charge >= 0.3 is 0 Å². The molecular weight excluding hydrogens is 266 g/mol. The Morgan fingerprint density at radius 1 is 1.33 bits per heavy atom. The molecule has 0 spiro atoms. The molecule has 1 fully saturated rings. The van der Waals surface area contributed by atoms with Gasteiger partial charge in [0.1, 0.15) is 0 Å². The van der Waals surface area contributed by atoms with Crippen LogP contribution in [-0.4, -0.2) is 23.0 Å². The number of benzene rings is 1. The van der Waals surface area contributed by atoms with E-state index in [-0.39, 0.29) is 23.7 Å².